The number of carbonyl (C=O) groups excluding carboxylic acids is 1. The molecular formula is C14H27NO5. The number of ether oxygens (including phenoxy) is 3. The largest absolute Gasteiger partial charge is 0.467 e. The average Bonchev–Trinajstić information content (AvgIpc) is 2.47. The Hall–Kier alpha value is -0.690. The average molecular weight is 289 g/mol. The molecule has 118 valence electrons. The highest BCUT2D eigenvalue weighted by molar-refractivity contribution is 5.74. The summed E-state index contributed by atoms with van der Waals surface area (Å²) < 4.78 is 15.6. The van der Waals surface area contributed by atoms with E-state index in [2.05, 4.69) is 9.64 Å². The maximum Gasteiger partial charge on any atom is 0.334 e. The van der Waals surface area contributed by atoms with Crippen LogP contribution in [0.25, 0.3) is 0 Å². The zero-order valence-corrected chi connectivity index (χ0v) is 12.7. The van der Waals surface area contributed by atoms with Crippen LogP contribution in [0.2, 0.25) is 0 Å². The second kappa shape index (κ2) is 9.28. The molecule has 20 heavy (non-hydrogen) atoms. The van der Waals surface area contributed by atoms with E-state index in [0.717, 1.165) is 32.5 Å². The Balaban J connectivity index is 2.35. The molecule has 0 aliphatic carbocycles. The third-order valence-corrected chi connectivity index (χ3v) is 3.63. The van der Waals surface area contributed by atoms with Crippen LogP contribution >= 0.6 is 0 Å². The molecule has 6 nitrogen and oxygen atoms in total. The van der Waals surface area contributed by atoms with Crippen LogP contribution in [0.15, 0.2) is 0 Å². The topological polar surface area (TPSA) is 68.2 Å². The van der Waals surface area contributed by atoms with Gasteiger partial charge in [0, 0.05) is 19.8 Å². The van der Waals surface area contributed by atoms with Crippen molar-refractivity contribution in [2.45, 2.75) is 39.1 Å². The number of likely N-dealkylation sites (tertiary alicyclic amines) is 1. The highest BCUT2D eigenvalue weighted by atomic mass is 16.7. The fourth-order valence-electron chi connectivity index (χ4n) is 2.50. The first kappa shape index (κ1) is 17.4. The first-order valence-electron chi connectivity index (χ1n) is 7.33. The lowest BCUT2D eigenvalue weighted by Gasteiger charge is -2.34. The van der Waals surface area contributed by atoms with Crippen molar-refractivity contribution in [3.05, 3.63) is 0 Å². The zero-order valence-electron chi connectivity index (χ0n) is 12.7. The van der Waals surface area contributed by atoms with E-state index in [0.29, 0.717) is 13.2 Å². The van der Waals surface area contributed by atoms with Gasteiger partial charge < -0.3 is 19.3 Å². The van der Waals surface area contributed by atoms with Gasteiger partial charge in [0.2, 0.25) is 0 Å². The third kappa shape index (κ3) is 5.36. The number of aliphatic hydroxyl groups is 1. The molecule has 1 aliphatic heterocycles. The van der Waals surface area contributed by atoms with E-state index in [1.807, 2.05) is 13.8 Å². The minimum atomic E-state index is -1.00. The van der Waals surface area contributed by atoms with Crippen LogP contribution in [0.3, 0.4) is 0 Å². The van der Waals surface area contributed by atoms with E-state index in [9.17, 15) is 9.90 Å². The van der Waals surface area contributed by atoms with E-state index in [1.54, 1.807) is 0 Å². The van der Waals surface area contributed by atoms with Crippen LogP contribution in [0.5, 0.6) is 0 Å². The SMILES string of the molecule is CCOC(CN1CCC([C@H](O)C(=O)OC)CC1)OCC. The second-order valence-electron chi connectivity index (χ2n) is 4.95. The zero-order chi connectivity index (χ0) is 15.0. The molecule has 0 radical (unpaired) electrons. The Labute approximate surface area is 121 Å². The highest BCUT2D eigenvalue weighted by Gasteiger charge is 2.31. The van der Waals surface area contributed by atoms with Gasteiger partial charge in [-0.05, 0) is 45.7 Å². The van der Waals surface area contributed by atoms with Gasteiger partial charge in [0.1, 0.15) is 0 Å². The second-order valence-corrected chi connectivity index (χ2v) is 4.95. The molecule has 0 saturated carbocycles. The summed E-state index contributed by atoms with van der Waals surface area (Å²) in [6, 6.07) is 0. The molecule has 1 fully saturated rings. The number of hydrogen-bond acceptors (Lipinski definition) is 6. The molecule has 0 aromatic carbocycles. The minimum Gasteiger partial charge on any atom is -0.467 e. The lowest BCUT2D eigenvalue weighted by molar-refractivity contribution is -0.158. The lowest BCUT2D eigenvalue weighted by atomic mass is 9.91. The van der Waals surface area contributed by atoms with E-state index < -0.39 is 12.1 Å². The van der Waals surface area contributed by atoms with Crippen molar-refractivity contribution in [2.75, 3.05) is 40.0 Å². The highest BCUT2D eigenvalue weighted by Crippen LogP contribution is 2.21. The number of methoxy groups -OCH3 is 1. The van der Waals surface area contributed by atoms with E-state index >= 15 is 0 Å². The van der Waals surface area contributed by atoms with Gasteiger partial charge in [-0.15, -0.1) is 0 Å². The van der Waals surface area contributed by atoms with Crippen molar-refractivity contribution < 1.29 is 24.1 Å². The van der Waals surface area contributed by atoms with Crippen LogP contribution < -0.4 is 0 Å². The fourth-order valence-corrected chi connectivity index (χ4v) is 2.50. The molecule has 1 rings (SSSR count). The van der Waals surface area contributed by atoms with Gasteiger partial charge in [-0.1, -0.05) is 0 Å². The molecule has 1 saturated heterocycles. The van der Waals surface area contributed by atoms with Gasteiger partial charge in [-0.2, -0.15) is 0 Å². The molecule has 1 atom stereocenters. The Kier molecular flexibility index (Phi) is 8.06. The maximum absolute atomic E-state index is 11.3. The first-order valence-corrected chi connectivity index (χ1v) is 7.33. The van der Waals surface area contributed by atoms with Crippen LogP contribution in [0.4, 0.5) is 0 Å². The van der Waals surface area contributed by atoms with Crippen LogP contribution in [-0.2, 0) is 19.0 Å². The van der Waals surface area contributed by atoms with E-state index in [-0.39, 0.29) is 12.2 Å². The summed E-state index contributed by atoms with van der Waals surface area (Å²) in [6.45, 7) is 7.54. The summed E-state index contributed by atoms with van der Waals surface area (Å²) in [6.07, 6.45) is 0.353. The molecule has 1 aliphatic rings. The van der Waals surface area contributed by atoms with E-state index in [1.165, 1.54) is 7.11 Å². The Morgan fingerprint density at radius 1 is 1.25 bits per heavy atom. The van der Waals surface area contributed by atoms with Gasteiger partial charge in [-0.25, -0.2) is 4.79 Å². The number of carbonyl (C=O) groups is 1. The Morgan fingerprint density at radius 2 is 1.80 bits per heavy atom. The van der Waals surface area contributed by atoms with Gasteiger partial charge in [-0.3, -0.25) is 4.90 Å². The molecule has 1 N–H and O–H groups in total. The van der Waals surface area contributed by atoms with Crippen LogP contribution in [0, 0.1) is 5.92 Å². The summed E-state index contributed by atoms with van der Waals surface area (Å²) in [7, 11) is 1.30. The Morgan fingerprint density at radius 3 is 2.25 bits per heavy atom. The summed E-state index contributed by atoms with van der Waals surface area (Å²) in [5, 5.41) is 9.84. The van der Waals surface area contributed by atoms with Gasteiger partial charge >= 0.3 is 5.97 Å². The van der Waals surface area contributed by atoms with Gasteiger partial charge in [0.05, 0.1) is 7.11 Å². The van der Waals surface area contributed by atoms with Crippen molar-refractivity contribution in [3.63, 3.8) is 0 Å². The fraction of sp³-hybridized carbons (Fsp3) is 0.929. The summed E-state index contributed by atoms with van der Waals surface area (Å²) in [4.78, 5) is 13.6. The number of hydrogen-bond donors (Lipinski definition) is 1. The number of rotatable bonds is 8. The molecule has 0 amide bonds. The molecular weight excluding hydrogens is 262 g/mol. The normalized spacial score (nSPS) is 19.2. The van der Waals surface area contributed by atoms with Crippen molar-refractivity contribution in [1.29, 1.82) is 0 Å². The third-order valence-electron chi connectivity index (χ3n) is 3.63. The monoisotopic (exact) mass is 289 g/mol. The number of piperidine rings is 1. The van der Waals surface area contributed by atoms with Crippen molar-refractivity contribution in [2.24, 2.45) is 5.92 Å². The Bertz CT molecular complexity index is 273. The molecule has 0 aromatic heterocycles. The summed E-state index contributed by atoms with van der Waals surface area (Å²) >= 11 is 0. The molecule has 6 heteroatoms. The molecule has 0 aromatic rings. The van der Waals surface area contributed by atoms with Crippen LogP contribution in [0.1, 0.15) is 26.7 Å². The number of esters is 1. The first-order chi connectivity index (χ1) is 9.62. The quantitative estimate of drug-likeness (QED) is 0.522. The van der Waals surface area contributed by atoms with Crippen LogP contribution in [-0.4, -0.2) is 68.3 Å². The number of nitrogens with zero attached hydrogens (tertiary/aromatic N) is 1. The van der Waals surface area contributed by atoms with Gasteiger partial charge in [0.25, 0.3) is 0 Å². The molecule has 0 unspecified atom stereocenters. The summed E-state index contributed by atoms with van der Waals surface area (Å²) in [5.41, 5.74) is 0. The van der Waals surface area contributed by atoms with Crippen molar-refractivity contribution in [1.82, 2.24) is 4.90 Å². The predicted octanol–water partition coefficient (Wildman–Crippen LogP) is 0.631. The van der Waals surface area contributed by atoms with E-state index in [4.69, 9.17) is 9.47 Å². The maximum atomic E-state index is 11.3. The summed E-state index contributed by atoms with van der Waals surface area (Å²) in [5.74, 6) is -0.554. The molecule has 1 heterocycles. The molecule has 0 spiro atoms. The lowest BCUT2D eigenvalue weighted by Crippen LogP contribution is -2.44. The number of aliphatic hydroxyl groups excluding tert-OH is 1. The van der Waals surface area contributed by atoms with Crippen molar-refractivity contribution in [3.8, 4) is 0 Å². The van der Waals surface area contributed by atoms with Gasteiger partial charge in [0.15, 0.2) is 12.4 Å². The standard InChI is InChI=1S/C14H27NO5/c1-4-19-12(20-5-2)10-15-8-6-11(7-9-15)13(16)14(17)18-3/h11-13,16H,4-10H2,1-3H3/t13-/m0/s1. The predicted molar refractivity (Wildman–Crippen MR) is 74.2 cm³/mol. The smallest absolute Gasteiger partial charge is 0.334 e. The minimum absolute atomic E-state index is 0.0173. The van der Waals surface area contributed by atoms with Crippen molar-refractivity contribution >= 4 is 5.97 Å². The molecule has 0 bridgehead atoms.